The number of rotatable bonds is 5. The van der Waals surface area contributed by atoms with Gasteiger partial charge in [-0.15, -0.1) is 0 Å². The molecule has 5 nitrogen and oxygen atoms in total. The van der Waals surface area contributed by atoms with Crippen molar-refractivity contribution in [3.05, 3.63) is 41.1 Å². The Morgan fingerprint density at radius 3 is 2.68 bits per heavy atom. The zero-order valence-corrected chi connectivity index (χ0v) is 11.5. The molecule has 0 bridgehead atoms. The predicted octanol–water partition coefficient (Wildman–Crippen LogP) is 2.77. The highest BCUT2D eigenvalue weighted by atomic mass is 32.1. The molecule has 2 aromatic rings. The van der Waals surface area contributed by atoms with Gasteiger partial charge in [0.2, 0.25) is 0 Å². The molecule has 0 saturated heterocycles. The summed E-state index contributed by atoms with van der Waals surface area (Å²) < 4.78 is 9.14. The van der Waals surface area contributed by atoms with E-state index in [1.807, 2.05) is 24.3 Å². The first-order chi connectivity index (χ1) is 9.11. The van der Waals surface area contributed by atoms with Crippen LogP contribution in [-0.4, -0.2) is 22.6 Å². The Balaban J connectivity index is 2.08. The SMILES string of the molecule is COc1ccc(CNc2snc(C)c2C(=O)O)cc1. The van der Waals surface area contributed by atoms with Crippen molar-refractivity contribution in [1.82, 2.24) is 4.37 Å². The second-order valence-corrected chi connectivity index (χ2v) is 4.75. The van der Waals surface area contributed by atoms with Gasteiger partial charge in [-0.05, 0) is 36.2 Å². The molecule has 2 rings (SSSR count). The lowest BCUT2D eigenvalue weighted by Gasteiger charge is -2.06. The molecule has 0 aliphatic rings. The number of aromatic carboxylic acids is 1. The molecule has 1 aromatic heterocycles. The summed E-state index contributed by atoms with van der Waals surface area (Å²) in [5.74, 6) is -0.160. The summed E-state index contributed by atoms with van der Waals surface area (Å²) in [5, 5.41) is 12.8. The molecule has 0 radical (unpaired) electrons. The Hall–Kier alpha value is -2.08. The third-order valence-corrected chi connectivity index (χ3v) is 3.58. The number of benzene rings is 1. The zero-order chi connectivity index (χ0) is 13.8. The van der Waals surface area contributed by atoms with Crippen molar-refractivity contribution in [2.24, 2.45) is 0 Å². The van der Waals surface area contributed by atoms with Gasteiger partial charge in [-0.3, -0.25) is 0 Å². The van der Waals surface area contributed by atoms with Crippen LogP contribution in [0.25, 0.3) is 0 Å². The number of carboxylic acids is 1. The number of methoxy groups -OCH3 is 1. The topological polar surface area (TPSA) is 71.5 Å². The van der Waals surface area contributed by atoms with Gasteiger partial charge in [-0.2, -0.15) is 4.37 Å². The van der Waals surface area contributed by atoms with Gasteiger partial charge in [-0.1, -0.05) is 12.1 Å². The standard InChI is InChI=1S/C13H14N2O3S/c1-8-11(13(16)17)12(19-15-8)14-7-9-3-5-10(18-2)6-4-9/h3-6,14H,7H2,1-2H3,(H,16,17). The van der Waals surface area contributed by atoms with Crippen LogP contribution in [0.15, 0.2) is 24.3 Å². The van der Waals surface area contributed by atoms with E-state index in [1.54, 1.807) is 14.0 Å². The van der Waals surface area contributed by atoms with Gasteiger partial charge in [0.05, 0.1) is 12.8 Å². The lowest BCUT2D eigenvalue weighted by molar-refractivity contribution is 0.0697. The van der Waals surface area contributed by atoms with E-state index in [2.05, 4.69) is 9.69 Å². The maximum atomic E-state index is 11.1. The van der Waals surface area contributed by atoms with Gasteiger partial charge in [0.1, 0.15) is 16.3 Å². The number of ether oxygens (including phenoxy) is 1. The number of nitrogens with zero attached hydrogens (tertiary/aromatic N) is 1. The first-order valence-corrected chi connectivity index (χ1v) is 6.45. The Morgan fingerprint density at radius 2 is 2.11 bits per heavy atom. The van der Waals surface area contributed by atoms with E-state index in [1.165, 1.54) is 0 Å². The normalized spacial score (nSPS) is 10.2. The number of carbonyl (C=O) groups is 1. The molecule has 19 heavy (non-hydrogen) atoms. The van der Waals surface area contributed by atoms with Crippen LogP contribution >= 0.6 is 11.5 Å². The van der Waals surface area contributed by atoms with Crippen LogP contribution < -0.4 is 10.1 Å². The largest absolute Gasteiger partial charge is 0.497 e. The molecule has 1 heterocycles. The van der Waals surface area contributed by atoms with Crippen LogP contribution in [0.2, 0.25) is 0 Å². The Labute approximate surface area is 115 Å². The quantitative estimate of drug-likeness (QED) is 0.880. The van der Waals surface area contributed by atoms with Crippen LogP contribution in [0.3, 0.4) is 0 Å². The van der Waals surface area contributed by atoms with E-state index >= 15 is 0 Å². The molecule has 6 heteroatoms. The van der Waals surface area contributed by atoms with Crippen LogP contribution in [-0.2, 0) is 6.54 Å². The third kappa shape index (κ3) is 3.03. The fourth-order valence-corrected chi connectivity index (χ4v) is 2.45. The third-order valence-electron chi connectivity index (χ3n) is 2.69. The minimum absolute atomic E-state index is 0.249. The molecule has 100 valence electrons. The summed E-state index contributed by atoms with van der Waals surface area (Å²) in [6.07, 6.45) is 0. The molecule has 0 aliphatic carbocycles. The minimum Gasteiger partial charge on any atom is -0.497 e. The molecular formula is C13H14N2O3S. The maximum absolute atomic E-state index is 11.1. The molecule has 2 N–H and O–H groups in total. The van der Waals surface area contributed by atoms with Gasteiger partial charge in [-0.25, -0.2) is 4.79 Å². The van der Waals surface area contributed by atoms with Gasteiger partial charge in [0, 0.05) is 6.54 Å². The van der Waals surface area contributed by atoms with Crippen molar-refractivity contribution in [2.45, 2.75) is 13.5 Å². The Morgan fingerprint density at radius 1 is 1.42 bits per heavy atom. The summed E-state index contributed by atoms with van der Waals surface area (Å²) in [6.45, 7) is 2.24. The molecule has 0 fully saturated rings. The minimum atomic E-state index is -0.955. The average molecular weight is 278 g/mol. The van der Waals surface area contributed by atoms with Crippen molar-refractivity contribution in [2.75, 3.05) is 12.4 Å². The zero-order valence-electron chi connectivity index (χ0n) is 10.6. The number of hydrogen-bond donors (Lipinski definition) is 2. The fourth-order valence-electron chi connectivity index (χ4n) is 1.67. The van der Waals surface area contributed by atoms with Gasteiger partial charge >= 0.3 is 5.97 Å². The van der Waals surface area contributed by atoms with Crippen LogP contribution in [0, 0.1) is 6.92 Å². The average Bonchev–Trinajstić information content (AvgIpc) is 2.78. The lowest BCUT2D eigenvalue weighted by atomic mass is 10.2. The molecular weight excluding hydrogens is 264 g/mol. The second kappa shape index (κ2) is 5.71. The molecule has 0 aliphatic heterocycles. The van der Waals surface area contributed by atoms with Crippen molar-refractivity contribution >= 4 is 22.5 Å². The van der Waals surface area contributed by atoms with Crippen LogP contribution in [0.1, 0.15) is 21.6 Å². The molecule has 0 unspecified atom stereocenters. The van der Waals surface area contributed by atoms with Crippen molar-refractivity contribution in [1.29, 1.82) is 0 Å². The first-order valence-electron chi connectivity index (χ1n) is 5.68. The number of nitrogens with one attached hydrogen (secondary N) is 1. The predicted molar refractivity (Wildman–Crippen MR) is 74.1 cm³/mol. The van der Waals surface area contributed by atoms with E-state index in [9.17, 15) is 4.79 Å². The number of anilines is 1. The summed E-state index contributed by atoms with van der Waals surface area (Å²) in [7, 11) is 1.62. The molecule has 0 spiro atoms. The fraction of sp³-hybridized carbons (Fsp3) is 0.231. The molecule has 0 saturated carbocycles. The second-order valence-electron chi connectivity index (χ2n) is 3.98. The summed E-state index contributed by atoms with van der Waals surface area (Å²) in [6, 6.07) is 7.60. The number of hydrogen-bond acceptors (Lipinski definition) is 5. The van der Waals surface area contributed by atoms with Crippen molar-refractivity contribution < 1.29 is 14.6 Å². The van der Waals surface area contributed by atoms with Crippen LogP contribution in [0.4, 0.5) is 5.00 Å². The number of aryl methyl sites for hydroxylation is 1. The first kappa shape index (κ1) is 13.4. The molecule has 0 amide bonds. The summed E-state index contributed by atoms with van der Waals surface area (Å²) in [5.41, 5.74) is 1.83. The molecule has 1 aromatic carbocycles. The molecule has 0 atom stereocenters. The Kier molecular flexibility index (Phi) is 4.01. The number of carboxylic acid groups (broad SMARTS) is 1. The van der Waals surface area contributed by atoms with E-state index in [0.29, 0.717) is 17.2 Å². The van der Waals surface area contributed by atoms with E-state index < -0.39 is 5.97 Å². The van der Waals surface area contributed by atoms with Gasteiger partial charge in [0.15, 0.2) is 0 Å². The highest BCUT2D eigenvalue weighted by Gasteiger charge is 2.16. The van der Waals surface area contributed by atoms with Crippen molar-refractivity contribution in [3.63, 3.8) is 0 Å². The van der Waals surface area contributed by atoms with E-state index in [-0.39, 0.29) is 5.56 Å². The highest BCUT2D eigenvalue weighted by molar-refractivity contribution is 7.10. The maximum Gasteiger partial charge on any atom is 0.340 e. The van der Waals surface area contributed by atoms with Gasteiger partial charge < -0.3 is 15.2 Å². The highest BCUT2D eigenvalue weighted by Crippen LogP contribution is 2.25. The van der Waals surface area contributed by atoms with Gasteiger partial charge in [0.25, 0.3) is 0 Å². The van der Waals surface area contributed by atoms with E-state index in [0.717, 1.165) is 22.8 Å². The Bertz CT molecular complexity index is 578. The summed E-state index contributed by atoms with van der Waals surface area (Å²) in [4.78, 5) is 11.1. The monoisotopic (exact) mass is 278 g/mol. The smallest absolute Gasteiger partial charge is 0.340 e. The van der Waals surface area contributed by atoms with E-state index in [4.69, 9.17) is 9.84 Å². The number of aromatic nitrogens is 1. The van der Waals surface area contributed by atoms with Crippen LogP contribution in [0.5, 0.6) is 5.75 Å². The summed E-state index contributed by atoms with van der Waals surface area (Å²) >= 11 is 1.16. The van der Waals surface area contributed by atoms with Crippen molar-refractivity contribution in [3.8, 4) is 5.75 Å². The lowest BCUT2D eigenvalue weighted by Crippen LogP contribution is -2.04.